The van der Waals surface area contributed by atoms with E-state index in [2.05, 4.69) is 10.6 Å². The maximum absolute atomic E-state index is 13.3. The van der Waals surface area contributed by atoms with Gasteiger partial charge in [0.05, 0.1) is 5.60 Å². The summed E-state index contributed by atoms with van der Waals surface area (Å²) in [5.74, 6) is -0.280. The van der Waals surface area contributed by atoms with Gasteiger partial charge in [0.2, 0.25) is 0 Å². The molecule has 0 atom stereocenters. The van der Waals surface area contributed by atoms with E-state index in [1.807, 2.05) is 19.9 Å². The highest BCUT2D eigenvalue weighted by atomic mass is 19.1. The molecule has 1 aromatic rings. The molecule has 116 valence electrons. The Balaban J connectivity index is 1.82. The van der Waals surface area contributed by atoms with Crippen LogP contribution in [0.25, 0.3) is 0 Å². The molecule has 21 heavy (non-hydrogen) atoms. The highest BCUT2D eigenvalue weighted by Gasteiger charge is 2.34. The van der Waals surface area contributed by atoms with Crippen molar-refractivity contribution in [2.45, 2.75) is 44.1 Å². The molecule has 2 amide bonds. The van der Waals surface area contributed by atoms with Crippen LogP contribution >= 0.6 is 0 Å². The second kappa shape index (κ2) is 6.02. The van der Waals surface area contributed by atoms with Crippen molar-refractivity contribution in [1.82, 2.24) is 10.6 Å². The normalized spacial score (nSPS) is 17.0. The zero-order valence-electron chi connectivity index (χ0n) is 12.6. The predicted octanol–water partition coefficient (Wildman–Crippen LogP) is 2.32. The van der Waals surface area contributed by atoms with Crippen LogP contribution in [0.4, 0.5) is 9.18 Å². The van der Waals surface area contributed by atoms with Gasteiger partial charge in [-0.25, -0.2) is 9.18 Å². The molecule has 0 saturated heterocycles. The number of benzene rings is 1. The van der Waals surface area contributed by atoms with Gasteiger partial charge in [-0.3, -0.25) is 0 Å². The number of halogens is 1. The highest BCUT2D eigenvalue weighted by Crippen LogP contribution is 2.30. The lowest BCUT2D eigenvalue weighted by atomic mass is 9.80. The Bertz CT molecular complexity index is 513. The summed E-state index contributed by atoms with van der Waals surface area (Å²) in [6.07, 6.45) is 2.48. The first-order chi connectivity index (χ1) is 9.81. The Morgan fingerprint density at radius 3 is 2.67 bits per heavy atom. The van der Waals surface area contributed by atoms with Crippen LogP contribution < -0.4 is 10.6 Å². The van der Waals surface area contributed by atoms with Gasteiger partial charge in [0.15, 0.2) is 0 Å². The Morgan fingerprint density at radius 2 is 2.10 bits per heavy atom. The summed E-state index contributed by atoms with van der Waals surface area (Å²) in [6.45, 7) is 4.56. The lowest BCUT2D eigenvalue weighted by Crippen LogP contribution is -2.51. The van der Waals surface area contributed by atoms with Gasteiger partial charge < -0.3 is 15.7 Å². The van der Waals surface area contributed by atoms with Crippen LogP contribution in [0.3, 0.4) is 0 Å². The third kappa shape index (κ3) is 4.17. The standard InChI is InChI=1S/C16H23FN2O2/c1-15(2,12-5-3-6-13(17)9-12)10-18-14(20)19-11-16(21)7-4-8-16/h3,5-6,9,21H,4,7-8,10-11H2,1-2H3,(H2,18,19,20). The molecule has 3 N–H and O–H groups in total. The van der Waals surface area contributed by atoms with Crippen molar-refractivity contribution >= 4 is 6.03 Å². The Morgan fingerprint density at radius 1 is 1.38 bits per heavy atom. The van der Waals surface area contributed by atoms with Crippen LogP contribution in [0.2, 0.25) is 0 Å². The van der Waals surface area contributed by atoms with E-state index in [0.29, 0.717) is 6.54 Å². The quantitative estimate of drug-likeness (QED) is 0.780. The first-order valence-electron chi connectivity index (χ1n) is 7.31. The molecule has 1 aliphatic carbocycles. The highest BCUT2D eigenvalue weighted by molar-refractivity contribution is 5.74. The zero-order chi connectivity index (χ0) is 15.5. The van der Waals surface area contributed by atoms with E-state index >= 15 is 0 Å². The maximum Gasteiger partial charge on any atom is 0.314 e. The SMILES string of the molecule is CC(C)(CNC(=O)NCC1(O)CCC1)c1cccc(F)c1. The average Bonchev–Trinajstić information content (AvgIpc) is 2.41. The first-order valence-corrected chi connectivity index (χ1v) is 7.31. The van der Waals surface area contributed by atoms with Crippen molar-refractivity contribution in [2.75, 3.05) is 13.1 Å². The number of urea groups is 1. The molecule has 0 spiro atoms. The van der Waals surface area contributed by atoms with E-state index in [0.717, 1.165) is 24.8 Å². The summed E-state index contributed by atoms with van der Waals surface area (Å²) in [7, 11) is 0. The number of amides is 2. The average molecular weight is 294 g/mol. The molecular weight excluding hydrogens is 271 g/mol. The summed E-state index contributed by atoms with van der Waals surface area (Å²) in [6, 6.07) is 6.09. The molecule has 0 aliphatic heterocycles. The molecule has 1 aromatic carbocycles. The lowest BCUT2D eigenvalue weighted by molar-refractivity contribution is -0.0290. The third-order valence-corrected chi connectivity index (χ3v) is 4.16. The monoisotopic (exact) mass is 294 g/mol. The minimum Gasteiger partial charge on any atom is -0.388 e. The second-order valence-corrected chi connectivity index (χ2v) is 6.51. The number of hydrogen-bond donors (Lipinski definition) is 3. The number of carbonyl (C=O) groups is 1. The molecule has 4 nitrogen and oxygen atoms in total. The summed E-state index contributed by atoms with van der Waals surface area (Å²) in [4.78, 5) is 11.8. The largest absolute Gasteiger partial charge is 0.388 e. The van der Waals surface area contributed by atoms with Crippen LogP contribution in [0.1, 0.15) is 38.7 Å². The number of carbonyl (C=O) groups excluding carboxylic acids is 1. The smallest absolute Gasteiger partial charge is 0.314 e. The molecule has 1 aliphatic rings. The molecule has 0 aromatic heterocycles. The number of hydrogen-bond acceptors (Lipinski definition) is 2. The van der Waals surface area contributed by atoms with Gasteiger partial charge in [-0.05, 0) is 37.0 Å². The maximum atomic E-state index is 13.3. The van der Waals surface area contributed by atoms with Gasteiger partial charge in [-0.15, -0.1) is 0 Å². The number of rotatable bonds is 5. The van der Waals surface area contributed by atoms with Gasteiger partial charge in [0.25, 0.3) is 0 Å². The fourth-order valence-corrected chi connectivity index (χ4v) is 2.38. The van der Waals surface area contributed by atoms with E-state index < -0.39 is 5.60 Å². The van der Waals surface area contributed by atoms with Crippen molar-refractivity contribution in [3.05, 3.63) is 35.6 Å². The molecule has 1 saturated carbocycles. The Kier molecular flexibility index (Phi) is 4.52. The zero-order valence-corrected chi connectivity index (χ0v) is 12.6. The summed E-state index contributed by atoms with van der Waals surface area (Å²) in [5.41, 5.74) is -0.261. The second-order valence-electron chi connectivity index (χ2n) is 6.51. The molecular formula is C16H23FN2O2. The van der Waals surface area contributed by atoms with Crippen molar-refractivity contribution in [1.29, 1.82) is 0 Å². The minimum absolute atomic E-state index is 0.277. The van der Waals surface area contributed by atoms with Gasteiger partial charge >= 0.3 is 6.03 Å². The molecule has 1 fully saturated rings. The molecule has 2 rings (SSSR count). The van der Waals surface area contributed by atoms with Crippen LogP contribution in [0.5, 0.6) is 0 Å². The fourth-order valence-electron chi connectivity index (χ4n) is 2.38. The Labute approximate surface area is 124 Å². The predicted molar refractivity (Wildman–Crippen MR) is 79.6 cm³/mol. The number of aliphatic hydroxyl groups is 1. The molecule has 0 unspecified atom stereocenters. The van der Waals surface area contributed by atoms with Gasteiger partial charge in [-0.2, -0.15) is 0 Å². The van der Waals surface area contributed by atoms with E-state index in [1.165, 1.54) is 12.1 Å². The van der Waals surface area contributed by atoms with Crippen LogP contribution in [0, 0.1) is 5.82 Å². The van der Waals surface area contributed by atoms with E-state index in [9.17, 15) is 14.3 Å². The van der Waals surface area contributed by atoms with Crippen molar-refractivity contribution in [3.63, 3.8) is 0 Å². The van der Waals surface area contributed by atoms with E-state index in [1.54, 1.807) is 6.07 Å². The Hall–Kier alpha value is -1.62. The molecule has 5 heteroatoms. The topological polar surface area (TPSA) is 61.4 Å². The van der Waals surface area contributed by atoms with Crippen molar-refractivity contribution < 1.29 is 14.3 Å². The van der Waals surface area contributed by atoms with Crippen LogP contribution in [0.15, 0.2) is 24.3 Å². The molecule has 0 heterocycles. The van der Waals surface area contributed by atoms with Crippen molar-refractivity contribution in [3.8, 4) is 0 Å². The summed E-state index contributed by atoms with van der Waals surface area (Å²) >= 11 is 0. The third-order valence-electron chi connectivity index (χ3n) is 4.16. The summed E-state index contributed by atoms with van der Waals surface area (Å²) in [5, 5.41) is 15.4. The first kappa shape index (κ1) is 15.8. The van der Waals surface area contributed by atoms with Gasteiger partial charge in [0.1, 0.15) is 5.82 Å². The fraction of sp³-hybridized carbons (Fsp3) is 0.562. The summed E-state index contributed by atoms with van der Waals surface area (Å²) < 4.78 is 13.3. The number of nitrogens with one attached hydrogen (secondary N) is 2. The van der Waals surface area contributed by atoms with Crippen LogP contribution in [-0.4, -0.2) is 29.8 Å². The van der Waals surface area contributed by atoms with E-state index in [-0.39, 0.29) is 23.8 Å². The van der Waals surface area contributed by atoms with Crippen LogP contribution in [-0.2, 0) is 5.41 Å². The molecule has 0 radical (unpaired) electrons. The molecule has 0 bridgehead atoms. The van der Waals surface area contributed by atoms with Crippen molar-refractivity contribution in [2.24, 2.45) is 0 Å². The van der Waals surface area contributed by atoms with Gasteiger partial charge in [-0.1, -0.05) is 26.0 Å². The lowest BCUT2D eigenvalue weighted by Gasteiger charge is -2.36. The van der Waals surface area contributed by atoms with Gasteiger partial charge in [0, 0.05) is 18.5 Å². The minimum atomic E-state index is -0.727. The van der Waals surface area contributed by atoms with E-state index in [4.69, 9.17) is 0 Å².